The molecule has 0 spiro atoms. The molecule has 0 aliphatic carbocycles. The minimum atomic E-state index is -0.519. The number of halogens is 2. The SMILES string of the molecule is CCOC(=O)CCOCCOCCOCC(=O)N1CCC[C@@H](Cc2nc(-c3c[nH]c4ncc(F)cc34)ncc2F)C1. The van der Waals surface area contributed by atoms with E-state index in [0.717, 1.165) is 25.2 Å². The van der Waals surface area contributed by atoms with E-state index in [4.69, 9.17) is 18.9 Å². The van der Waals surface area contributed by atoms with Crippen LogP contribution in [0.3, 0.4) is 0 Å². The third kappa shape index (κ3) is 8.97. The molecule has 1 N–H and O–H groups in total. The number of hydrogen-bond donors (Lipinski definition) is 1. The lowest BCUT2D eigenvalue weighted by atomic mass is 9.93. The molecule has 13 heteroatoms. The van der Waals surface area contributed by atoms with Crippen molar-refractivity contribution in [1.82, 2.24) is 24.8 Å². The van der Waals surface area contributed by atoms with Gasteiger partial charge in [-0.05, 0) is 38.2 Å². The highest BCUT2D eigenvalue weighted by atomic mass is 19.1. The summed E-state index contributed by atoms with van der Waals surface area (Å²) >= 11 is 0. The predicted molar refractivity (Wildman–Crippen MR) is 144 cm³/mol. The number of aromatic nitrogens is 4. The number of H-pyrrole nitrogens is 1. The largest absolute Gasteiger partial charge is 0.466 e. The summed E-state index contributed by atoms with van der Waals surface area (Å²) in [5, 5.41) is 0.516. The summed E-state index contributed by atoms with van der Waals surface area (Å²) in [4.78, 5) is 41.2. The first kappa shape index (κ1) is 30.4. The molecule has 1 aliphatic rings. The topological polar surface area (TPSA) is 129 Å². The van der Waals surface area contributed by atoms with Crippen molar-refractivity contribution in [3.8, 4) is 11.4 Å². The van der Waals surface area contributed by atoms with Crippen LogP contribution in [-0.2, 0) is 35.0 Å². The van der Waals surface area contributed by atoms with Gasteiger partial charge in [0.25, 0.3) is 0 Å². The van der Waals surface area contributed by atoms with Crippen molar-refractivity contribution in [2.75, 3.05) is 59.3 Å². The maximum absolute atomic E-state index is 14.7. The van der Waals surface area contributed by atoms with E-state index in [1.165, 1.54) is 6.07 Å². The first-order valence-corrected chi connectivity index (χ1v) is 13.8. The Balaban J connectivity index is 1.18. The molecule has 1 fully saturated rings. The normalized spacial score (nSPS) is 15.4. The summed E-state index contributed by atoms with van der Waals surface area (Å²) in [7, 11) is 0. The number of aromatic amines is 1. The molecule has 1 amide bonds. The first-order chi connectivity index (χ1) is 19.9. The Morgan fingerprint density at radius 1 is 1.07 bits per heavy atom. The Morgan fingerprint density at radius 3 is 2.66 bits per heavy atom. The molecule has 4 rings (SSSR count). The Morgan fingerprint density at radius 2 is 1.85 bits per heavy atom. The summed E-state index contributed by atoms with van der Waals surface area (Å²) in [6.45, 7) is 4.67. The number of amides is 1. The van der Waals surface area contributed by atoms with Crippen LogP contribution in [0.1, 0.15) is 31.9 Å². The highest BCUT2D eigenvalue weighted by Gasteiger charge is 2.25. The van der Waals surface area contributed by atoms with Crippen LogP contribution in [0.2, 0.25) is 0 Å². The van der Waals surface area contributed by atoms with Gasteiger partial charge in [0.1, 0.15) is 18.1 Å². The minimum absolute atomic E-state index is 0.0270. The van der Waals surface area contributed by atoms with Crippen molar-refractivity contribution in [2.45, 2.75) is 32.6 Å². The van der Waals surface area contributed by atoms with Crippen molar-refractivity contribution in [1.29, 1.82) is 0 Å². The molecule has 11 nitrogen and oxygen atoms in total. The van der Waals surface area contributed by atoms with Crippen molar-refractivity contribution in [3.63, 3.8) is 0 Å². The summed E-state index contributed by atoms with van der Waals surface area (Å²) in [6, 6.07) is 1.34. The molecule has 0 radical (unpaired) electrons. The number of piperidine rings is 1. The Labute approximate surface area is 236 Å². The summed E-state index contributed by atoms with van der Waals surface area (Å²) in [6.07, 6.45) is 6.05. The number of esters is 1. The Kier molecular flexibility index (Phi) is 11.5. The van der Waals surface area contributed by atoms with Gasteiger partial charge in [-0.1, -0.05) is 0 Å². The molecule has 0 saturated carbocycles. The number of fused-ring (bicyclic) bond motifs is 1. The van der Waals surface area contributed by atoms with Crippen LogP contribution in [0, 0.1) is 17.6 Å². The fourth-order valence-corrected chi connectivity index (χ4v) is 4.65. The number of pyridine rings is 1. The lowest BCUT2D eigenvalue weighted by Crippen LogP contribution is -2.42. The van der Waals surface area contributed by atoms with Crippen LogP contribution >= 0.6 is 0 Å². The number of rotatable bonds is 15. The molecule has 0 bridgehead atoms. The maximum Gasteiger partial charge on any atom is 0.308 e. The van der Waals surface area contributed by atoms with E-state index in [1.54, 1.807) is 18.0 Å². The van der Waals surface area contributed by atoms with Gasteiger partial charge < -0.3 is 28.8 Å². The number of hydrogen-bond acceptors (Lipinski definition) is 9. The van der Waals surface area contributed by atoms with Crippen LogP contribution in [-0.4, -0.2) is 96.0 Å². The number of likely N-dealkylation sites (tertiary alicyclic amines) is 1. The van der Waals surface area contributed by atoms with Gasteiger partial charge in [0.05, 0.1) is 64.1 Å². The molecule has 1 atom stereocenters. The third-order valence-corrected chi connectivity index (χ3v) is 6.63. The summed E-state index contributed by atoms with van der Waals surface area (Å²) < 4.78 is 49.4. The molecule has 1 aliphatic heterocycles. The molecule has 41 heavy (non-hydrogen) atoms. The van der Waals surface area contributed by atoms with Crippen LogP contribution in [0.4, 0.5) is 8.78 Å². The van der Waals surface area contributed by atoms with Crippen molar-refractivity contribution < 1.29 is 37.3 Å². The lowest BCUT2D eigenvalue weighted by Gasteiger charge is -2.32. The van der Waals surface area contributed by atoms with Crippen LogP contribution in [0.15, 0.2) is 24.7 Å². The van der Waals surface area contributed by atoms with Gasteiger partial charge >= 0.3 is 5.97 Å². The van der Waals surface area contributed by atoms with E-state index >= 15 is 0 Å². The number of carbonyl (C=O) groups is 2. The van der Waals surface area contributed by atoms with E-state index in [9.17, 15) is 18.4 Å². The van der Waals surface area contributed by atoms with Crippen LogP contribution in [0.5, 0.6) is 0 Å². The molecule has 4 heterocycles. The molecular formula is C28H35F2N5O6. The van der Waals surface area contributed by atoms with E-state index in [2.05, 4.69) is 19.9 Å². The van der Waals surface area contributed by atoms with Crippen LogP contribution in [0.25, 0.3) is 22.4 Å². The van der Waals surface area contributed by atoms with Crippen LogP contribution < -0.4 is 0 Å². The van der Waals surface area contributed by atoms with Gasteiger partial charge in [0.15, 0.2) is 11.6 Å². The predicted octanol–water partition coefficient (Wildman–Crippen LogP) is 3.08. The van der Waals surface area contributed by atoms with Gasteiger partial charge in [-0.3, -0.25) is 9.59 Å². The summed E-state index contributed by atoms with van der Waals surface area (Å²) in [5.41, 5.74) is 1.28. The monoisotopic (exact) mass is 575 g/mol. The first-order valence-electron chi connectivity index (χ1n) is 13.8. The van der Waals surface area contributed by atoms with Gasteiger partial charge in [-0.2, -0.15) is 0 Å². The van der Waals surface area contributed by atoms with E-state index < -0.39 is 11.6 Å². The number of carbonyl (C=O) groups excluding carboxylic acids is 2. The lowest BCUT2D eigenvalue weighted by molar-refractivity contribution is -0.144. The van der Waals surface area contributed by atoms with Gasteiger partial charge in [0, 0.05) is 30.2 Å². The van der Waals surface area contributed by atoms with Crippen molar-refractivity contribution in [2.24, 2.45) is 5.92 Å². The third-order valence-electron chi connectivity index (χ3n) is 6.63. The zero-order valence-electron chi connectivity index (χ0n) is 23.1. The van der Waals surface area contributed by atoms with Gasteiger partial charge in [-0.25, -0.2) is 23.7 Å². The number of ether oxygens (including phenoxy) is 4. The molecule has 222 valence electrons. The smallest absolute Gasteiger partial charge is 0.308 e. The fraction of sp³-hybridized carbons (Fsp3) is 0.536. The molecule has 0 unspecified atom stereocenters. The molecule has 1 saturated heterocycles. The molecule has 0 aromatic carbocycles. The van der Waals surface area contributed by atoms with E-state index in [0.29, 0.717) is 62.5 Å². The second-order valence-electron chi connectivity index (χ2n) is 9.62. The second kappa shape index (κ2) is 15.5. The van der Waals surface area contributed by atoms with Gasteiger partial charge in [0.2, 0.25) is 5.91 Å². The highest BCUT2D eigenvalue weighted by Crippen LogP contribution is 2.27. The average molecular weight is 576 g/mol. The molecular weight excluding hydrogens is 540 g/mol. The van der Waals surface area contributed by atoms with E-state index in [1.807, 2.05) is 0 Å². The highest BCUT2D eigenvalue weighted by molar-refractivity contribution is 5.91. The molecule has 3 aromatic heterocycles. The van der Waals surface area contributed by atoms with Crippen molar-refractivity contribution in [3.05, 3.63) is 42.0 Å². The van der Waals surface area contributed by atoms with E-state index in [-0.39, 0.29) is 55.6 Å². The maximum atomic E-state index is 14.7. The minimum Gasteiger partial charge on any atom is -0.466 e. The fourth-order valence-electron chi connectivity index (χ4n) is 4.65. The Bertz CT molecular complexity index is 1310. The zero-order valence-corrected chi connectivity index (χ0v) is 23.1. The summed E-state index contributed by atoms with van der Waals surface area (Å²) in [5.74, 6) is -1.12. The van der Waals surface area contributed by atoms with Crippen molar-refractivity contribution >= 4 is 22.9 Å². The number of nitrogens with one attached hydrogen (secondary N) is 1. The standard InChI is InChI=1S/C28H35F2N5O6/c1-2-41-26(37)5-7-38-8-9-39-10-11-40-18-25(36)35-6-3-4-19(17-35)12-24-23(30)16-33-28(34-24)22-15-32-27-21(22)13-20(29)14-31-27/h13-16,19H,2-12,17-18H2,1H3,(H,31,32)/t19-/m0/s1. The quantitative estimate of drug-likeness (QED) is 0.215. The zero-order chi connectivity index (χ0) is 29.0. The van der Waals surface area contributed by atoms with Gasteiger partial charge in [-0.15, -0.1) is 0 Å². The average Bonchev–Trinajstić information content (AvgIpc) is 3.38. The number of nitrogens with zero attached hydrogens (tertiary/aromatic N) is 4. The second-order valence-corrected chi connectivity index (χ2v) is 9.62. The Hall–Kier alpha value is -3.55. The molecule has 3 aromatic rings.